The van der Waals surface area contributed by atoms with Crippen LogP contribution in [0.2, 0.25) is 0 Å². The van der Waals surface area contributed by atoms with E-state index in [1.54, 1.807) is 0 Å². The summed E-state index contributed by atoms with van der Waals surface area (Å²) in [5.74, 6) is 1.81. The molecule has 0 radical (unpaired) electrons. The Morgan fingerprint density at radius 1 is 0.271 bits per heavy atom. The lowest BCUT2D eigenvalue weighted by molar-refractivity contribution is 0.669. The lowest BCUT2D eigenvalue weighted by atomic mass is 9.91. The molecule has 2 aromatic heterocycles. The van der Waals surface area contributed by atoms with E-state index < -0.39 is 0 Å². The van der Waals surface area contributed by atoms with Crippen molar-refractivity contribution in [3.8, 4) is 78.7 Å². The van der Waals surface area contributed by atoms with Crippen LogP contribution in [-0.2, 0) is 0 Å². The SMILES string of the molecule is c1ccc(-c2cc(-c3ccccc3)cc(-c3cccc4oc5cc(-c6nc(-c7ccccc7)nc(-c7cccc8cc(-c9ccccc9)ccc78)n6)ccc5c34)c2)cc1. The molecule has 0 N–H and O–H groups in total. The number of hydrogen-bond acceptors (Lipinski definition) is 4. The number of aromatic nitrogens is 3. The zero-order valence-electron chi connectivity index (χ0n) is 32.0. The van der Waals surface area contributed by atoms with E-state index in [1.165, 1.54) is 22.3 Å². The maximum absolute atomic E-state index is 6.67. The molecule has 9 aromatic carbocycles. The Labute approximate surface area is 341 Å². The molecule has 0 unspecified atom stereocenters. The monoisotopic (exact) mass is 753 g/mol. The van der Waals surface area contributed by atoms with Gasteiger partial charge in [-0.3, -0.25) is 0 Å². The molecule has 0 bridgehead atoms. The van der Waals surface area contributed by atoms with Gasteiger partial charge in [-0.05, 0) is 97.7 Å². The molecule has 0 saturated carbocycles. The fourth-order valence-corrected chi connectivity index (χ4v) is 8.21. The predicted octanol–water partition coefficient (Wildman–Crippen LogP) is 14.6. The van der Waals surface area contributed by atoms with E-state index in [9.17, 15) is 0 Å². The molecule has 276 valence electrons. The van der Waals surface area contributed by atoms with Crippen molar-refractivity contribution in [2.45, 2.75) is 0 Å². The molecule has 4 heteroatoms. The van der Waals surface area contributed by atoms with E-state index in [2.05, 4.69) is 176 Å². The summed E-state index contributed by atoms with van der Waals surface area (Å²) < 4.78 is 6.67. The molecule has 11 aromatic rings. The Balaban J connectivity index is 1.05. The normalized spacial score (nSPS) is 11.4. The van der Waals surface area contributed by atoms with E-state index in [1.807, 2.05) is 36.4 Å². The number of benzene rings is 9. The van der Waals surface area contributed by atoms with Gasteiger partial charge in [0.15, 0.2) is 17.5 Å². The fraction of sp³-hybridized carbons (Fsp3) is 0. The van der Waals surface area contributed by atoms with Crippen LogP contribution in [0.4, 0.5) is 0 Å². The number of rotatable bonds is 7. The van der Waals surface area contributed by atoms with Crippen molar-refractivity contribution in [1.82, 2.24) is 15.0 Å². The molecule has 59 heavy (non-hydrogen) atoms. The van der Waals surface area contributed by atoms with Crippen molar-refractivity contribution >= 4 is 32.7 Å². The highest BCUT2D eigenvalue weighted by molar-refractivity contribution is 6.13. The van der Waals surface area contributed by atoms with Crippen LogP contribution in [0.3, 0.4) is 0 Å². The molecular weight excluding hydrogens is 719 g/mol. The van der Waals surface area contributed by atoms with Gasteiger partial charge in [-0.25, -0.2) is 15.0 Å². The van der Waals surface area contributed by atoms with Crippen LogP contribution in [-0.4, -0.2) is 15.0 Å². The van der Waals surface area contributed by atoms with Crippen molar-refractivity contribution in [3.05, 3.63) is 212 Å². The third-order valence-corrected chi connectivity index (χ3v) is 11.1. The minimum absolute atomic E-state index is 0.581. The first kappa shape index (κ1) is 34.3. The van der Waals surface area contributed by atoms with Crippen molar-refractivity contribution in [2.24, 2.45) is 0 Å². The Kier molecular flexibility index (Phi) is 8.45. The van der Waals surface area contributed by atoms with Crippen molar-refractivity contribution in [2.75, 3.05) is 0 Å². The third-order valence-electron chi connectivity index (χ3n) is 11.1. The summed E-state index contributed by atoms with van der Waals surface area (Å²) in [6.45, 7) is 0. The number of nitrogens with zero attached hydrogens (tertiary/aromatic N) is 3. The fourth-order valence-electron chi connectivity index (χ4n) is 8.21. The van der Waals surface area contributed by atoms with Gasteiger partial charge in [0.2, 0.25) is 0 Å². The summed E-state index contributed by atoms with van der Waals surface area (Å²) in [7, 11) is 0. The summed E-state index contributed by atoms with van der Waals surface area (Å²) in [5.41, 5.74) is 13.6. The lowest BCUT2D eigenvalue weighted by Gasteiger charge is -2.12. The topological polar surface area (TPSA) is 51.8 Å². The zero-order valence-corrected chi connectivity index (χ0v) is 32.0. The van der Waals surface area contributed by atoms with Crippen LogP contribution in [0.5, 0.6) is 0 Å². The largest absolute Gasteiger partial charge is 0.456 e. The minimum atomic E-state index is 0.581. The van der Waals surface area contributed by atoms with Crippen LogP contribution >= 0.6 is 0 Å². The maximum atomic E-state index is 6.67. The molecule has 0 aliphatic heterocycles. The molecule has 11 rings (SSSR count). The van der Waals surface area contributed by atoms with Gasteiger partial charge in [0.05, 0.1) is 0 Å². The standard InChI is InChI=1S/C55H35N3O/c1-5-15-36(16-6-1)40-27-29-46-41(31-40)23-13-25-48(46)55-57-53(39-21-11-4-12-22-39)56-54(58-55)42-28-30-49-51(35-42)59-50-26-14-24-47(52(49)50)45-33-43(37-17-7-2-8-18-37)32-44(34-45)38-19-9-3-10-20-38/h1-35H. The molecule has 0 amide bonds. The van der Waals surface area contributed by atoms with E-state index in [-0.39, 0.29) is 0 Å². The highest BCUT2D eigenvalue weighted by Gasteiger charge is 2.18. The highest BCUT2D eigenvalue weighted by atomic mass is 16.3. The van der Waals surface area contributed by atoms with Crippen LogP contribution in [0.15, 0.2) is 217 Å². The maximum Gasteiger partial charge on any atom is 0.164 e. The quantitative estimate of drug-likeness (QED) is 0.163. The van der Waals surface area contributed by atoms with Crippen molar-refractivity contribution < 1.29 is 4.42 Å². The lowest BCUT2D eigenvalue weighted by Crippen LogP contribution is -2.00. The van der Waals surface area contributed by atoms with Crippen LogP contribution in [0, 0.1) is 0 Å². The van der Waals surface area contributed by atoms with Crippen molar-refractivity contribution in [3.63, 3.8) is 0 Å². The number of hydrogen-bond donors (Lipinski definition) is 0. The molecule has 2 heterocycles. The van der Waals surface area contributed by atoms with E-state index in [0.717, 1.165) is 71.7 Å². The average molecular weight is 754 g/mol. The summed E-state index contributed by atoms with van der Waals surface area (Å²) in [6.07, 6.45) is 0. The predicted molar refractivity (Wildman–Crippen MR) is 243 cm³/mol. The zero-order chi connectivity index (χ0) is 39.1. The second-order valence-electron chi connectivity index (χ2n) is 14.8. The molecule has 0 aliphatic rings. The Hall–Kier alpha value is -7.95. The smallest absolute Gasteiger partial charge is 0.164 e. The summed E-state index contributed by atoms with van der Waals surface area (Å²) >= 11 is 0. The second kappa shape index (κ2) is 14.5. The summed E-state index contributed by atoms with van der Waals surface area (Å²) in [5, 5.41) is 4.31. The van der Waals surface area contributed by atoms with Crippen molar-refractivity contribution in [1.29, 1.82) is 0 Å². The average Bonchev–Trinajstić information content (AvgIpc) is 3.70. The molecular formula is C55H35N3O. The highest BCUT2D eigenvalue weighted by Crippen LogP contribution is 2.41. The molecule has 0 saturated heterocycles. The third kappa shape index (κ3) is 6.43. The van der Waals surface area contributed by atoms with Gasteiger partial charge in [0.1, 0.15) is 11.2 Å². The molecule has 0 fully saturated rings. The first-order valence-electron chi connectivity index (χ1n) is 19.8. The Morgan fingerprint density at radius 2 is 0.780 bits per heavy atom. The van der Waals surface area contributed by atoms with Gasteiger partial charge in [-0.2, -0.15) is 0 Å². The molecule has 0 atom stereocenters. The van der Waals surface area contributed by atoms with Gasteiger partial charge in [0, 0.05) is 27.5 Å². The van der Waals surface area contributed by atoms with Gasteiger partial charge < -0.3 is 4.42 Å². The van der Waals surface area contributed by atoms with Gasteiger partial charge in [-0.1, -0.05) is 170 Å². The Morgan fingerprint density at radius 3 is 1.44 bits per heavy atom. The van der Waals surface area contributed by atoms with E-state index in [0.29, 0.717) is 17.5 Å². The first-order chi connectivity index (χ1) is 29.2. The van der Waals surface area contributed by atoms with Gasteiger partial charge in [-0.15, -0.1) is 0 Å². The van der Waals surface area contributed by atoms with Crippen LogP contribution in [0.1, 0.15) is 0 Å². The van der Waals surface area contributed by atoms with Crippen LogP contribution in [0.25, 0.3) is 111 Å². The van der Waals surface area contributed by atoms with Gasteiger partial charge >= 0.3 is 0 Å². The first-order valence-corrected chi connectivity index (χ1v) is 19.8. The summed E-state index contributed by atoms with van der Waals surface area (Å²) in [6, 6.07) is 74.1. The van der Waals surface area contributed by atoms with E-state index in [4.69, 9.17) is 19.4 Å². The van der Waals surface area contributed by atoms with E-state index >= 15 is 0 Å². The minimum Gasteiger partial charge on any atom is -0.456 e. The van der Waals surface area contributed by atoms with Gasteiger partial charge in [0.25, 0.3) is 0 Å². The Bertz CT molecular complexity index is 3250. The van der Waals surface area contributed by atoms with Crippen LogP contribution < -0.4 is 0 Å². The summed E-state index contributed by atoms with van der Waals surface area (Å²) in [4.78, 5) is 15.3. The molecule has 0 aliphatic carbocycles. The molecule has 4 nitrogen and oxygen atoms in total. The number of fused-ring (bicyclic) bond motifs is 4. The second-order valence-corrected chi connectivity index (χ2v) is 14.8. The number of furan rings is 1. The molecule has 0 spiro atoms.